The molecule has 134 valence electrons. The molecule has 0 aliphatic carbocycles. The van der Waals surface area contributed by atoms with Crippen molar-refractivity contribution in [2.45, 2.75) is 17.6 Å². The summed E-state index contributed by atoms with van der Waals surface area (Å²) in [5.41, 5.74) is 4.03. The zero-order valence-electron chi connectivity index (χ0n) is 14.7. The molecule has 3 rings (SSSR count). The van der Waals surface area contributed by atoms with E-state index in [9.17, 15) is 4.79 Å². The SMILES string of the molecule is Cc1cc(Cl)ccc1NC(=O)c1ccccc1SCc1ccc(C#N)cc1. The van der Waals surface area contributed by atoms with Crippen LogP contribution in [-0.2, 0) is 5.75 Å². The number of carbonyl (C=O) groups excluding carboxylic acids is 1. The van der Waals surface area contributed by atoms with Crippen molar-refractivity contribution in [2.75, 3.05) is 5.32 Å². The summed E-state index contributed by atoms with van der Waals surface area (Å²) in [4.78, 5) is 13.7. The fourth-order valence-corrected chi connectivity index (χ4v) is 3.81. The van der Waals surface area contributed by atoms with Crippen LogP contribution in [0.25, 0.3) is 0 Å². The molecule has 0 spiro atoms. The molecule has 3 aromatic carbocycles. The fourth-order valence-electron chi connectivity index (χ4n) is 2.57. The van der Waals surface area contributed by atoms with E-state index in [1.165, 1.54) is 0 Å². The monoisotopic (exact) mass is 392 g/mol. The first kappa shape index (κ1) is 19.0. The lowest BCUT2D eigenvalue weighted by Gasteiger charge is -2.12. The Bertz CT molecular complexity index is 1010. The minimum absolute atomic E-state index is 0.150. The van der Waals surface area contributed by atoms with Crippen molar-refractivity contribution in [1.29, 1.82) is 5.26 Å². The van der Waals surface area contributed by atoms with Gasteiger partial charge in [-0.05, 0) is 60.5 Å². The quantitative estimate of drug-likeness (QED) is 0.536. The van der Waals surface area contributed by atoms with E-state index in [1.54, 1.807) is 30.0 Å². The van der Waals surface area contributed by atoms with E-state index < -0.39 is 0 Å². The van der Waals surface area contributed by atoms with Crippen molar-refractivity contribution in [3.05, 3.63) is 94.0 Å². The van der Waals surface area contributed by atoms with Gasteiger partial charge in [0.2, 0.25) is 0 Å². The average Bonchev–Trinajstić information content (AvgIpc) is 2.69. The van der Waals surface area contributed by atoms with Crippen LogP contribution >= 0.6 is 23.4 Å². The minimum Gasteiger partial charge on any atom is -0.322 e. The summed E-state index contributed by atoms with van der Waals surface area (Å²) in [7, 11) is 0. The first-order valence-electron chi connectivity index (χ1n) is 8.35. The Morgan fingerprint density at radius 2 is 1.85 bits per heavy atom. The second-order valence-electron chi connectivity index (χ2n) is 6.01. The van der Waals surface area contributed by atoms with E-state index >= 15 is 0 Å². The molecule has 0 aliphatic heterocycles. The molecule has 0 radical (unpaired) electrons. The highest BCUT2D eigenvalue weighted by atomic mass is 35.5. The van der Waals surface area contributed by atoms with Crippen molar-refractivity contribution >= 4 is 35.0 Å². The van der Waals surface area contributed by atoms with Crippen LogP contribution in [0.15, 0.2) is 71.6 Å². The maximum atomic E-state index is 12.8. The van der Waals surface area contributed by atoms with Gasteiger partial charge in [0.15, 0.2) is 0 Å². The molecule has 1 N–H and O–H groups in total. The van der Waals surface area contributed by atoms with Gasteiger partial charge in [-0.3, -0.25) is 4.79 Å². The summed E-state index contributed by atoms with van der Waals surface area (Å²) >= 11 is 7.57. The zero-order valence-corrected chi connectivity index (χ0v) is 16.3. The first-order valence-corrected chi connectivity index (χ1v) is 9.71. The molecule has 1 amide bonds. The molecule has 0 saturated heterocycles. The molecule has 0 heterocycles. The van der Waals surface area contributed by atoms with Gasteiger partial charge in [0.05, 0.1) is 17.2 Å². The number of nitriles is 1. The van der Waals surface area contributed by atoms with Gasteiger partial charge in [0, 0.05) is 21.4 Å². The lowest BCUT2D eigenvalue weighted by Crippen LogP contribution is -2.13. The highest BCUT2D eigenvalue weighted by Crippen LogP contribution is 2.28. The van der Waals surface area contributed by atoms with Crippen molar-refractivity contribution in [2.24, 2.45) is 0 Å². The molecule has 0 fully saturated rings. The van der Waals surface area contributed by atoms with E-state index in [4.69, 9.17) is 16.9 Å². The van der Waals surface area contributed by atoms with Gasteiger partial charge < -0.3 is 5.32 Å². The van der Waals surface area contributed by atoms with Crippen LogP contribution in [0.5, 0.6) is 0 Å². The number of aryl methyl sites for hydroxylation is 1. The number of nitrogens with one attached hydrogen (secondary N) is 1. The Labute approximate surface area is 168 Å². The molecule has 3 nitrogen and oxygen atoms in total. The third-order valence-electron chi connectivity index (χ3n) is 4.05. The second-order valence-corrected chi connectivity index (χ2v) is 7.46. The highest BCUT2D eigenvalue weighted by molar-refractivity contribution is 7.98. The maximum absolute atomic E-state index is 12.8. The molecule has 0 aromatic heterocycles. The molecule has 0 unspecified atom stereocenters. The number of halogens is 1. The number of hydrogen-bond donors (Lipinski definition) is 1. The summed E-state index contributed by atoms with van der Waals surface area (Å²) in [6.07, 6.45) is 0. The van der Waals surface area contributed by atoms with E-state index in [0.717, 1.165) is 27.5 Å². The van der Waals surface area contributed by atoms with Gasteiger partial charge in [-0.1, -0.05) is 35.9 Å². The van der Waals surface area contributed by atoms with Gasteiger partial charge in [0.25, 0.3) is 5.91 Å². The van der Waals surface area contributed by atoms with Crippen LogP contribution in [-0.4, -0.2) is 5.91 Å². The van der Waals surface area contributed by atoms with Gasteiger partial charge >= 0.3 is 0 Å². The largest absolute Gasteiger partial charge is 0.322 e. The summed E-state index contributed by atoms with van der Waals surface area (Å²) < 4.78 is 0. The number of amides is 1. The predicted molar refractivity (Wildman–Crippen MR) is 111 cm³/mol. The number of benzene rings is 3. The van der Waals surface area contributed by atoms with E-state index in [2.05, 4.69) is 11.4 Å². The van der Waals surface area contributed by atoms with Crippen molar-refractivity contribution < 1.29 is 4.79 Å². The second kappa shape index (κ2) is 8.77. The van der Waals surface area contributed by atoms with E-state index in [1.807, 2.05) is 55.5 Å². The smallest absolute Gasteiger partial charge is 0.256 e. The molecule has 0 aliphatic rings. The Hall–Kier alpha value is -2.74. The average molecular weight is 393 g/mol. The molecular formula is C22H17ClN2OS. The van der Waals surface area contributed by atoms with Gasteiger partial charge in [-0.25, -0.2) is 0 Å². The van der Waals surface area contributed by atoms with Crippen LogP contribution in [0.4, 0.5) is 5.69 Å². The zero-order chi connectivity index (χ0) is 19.2. The number of hydrogen-bond acceptors (Lipinski definition) is 3. The van der Waals surface area contributed by atoms with Crippen molar-refractivity contribution in [1.82, 2.24) is 0 Å². The molecule has 0 bridgehead atoms. The summed E-state index contributed by atoms with van der Waals surface area (Å²) in [6.45, 7) is 1.91. The third-order valence-corrected chi connectivity index (χ3v) is 5.43. The van der Waals surface area contributed by atoms with Gasteiger partial charge in [-0.2, -0.15) is 5.26 Å². The fraction of sp³-hybridized carbons (Fsp3) is 0.0909. The van der Waals surface area contributed by atoms with Gasteiger partial charge in [0.1, 0.15) is 0 Å². The topological polar surface area (TPSA) is 52.9 Å². The number of nitrogens with zero attached hydrogens (tertiary/aromatic N) is 1. The number of anilines is 1. The Morgan fingerprint density at radius 1 is 1.11 bits per heavy atom. The first-order chi connectivity index (χ1) is 13.1. The third kappa shape index (κ3) is 4.91. The lowest BCUT2D eigenvalue weighted by molar-refractivity contribution is 0.102. The van der Waals surface area contributed by atoms with Crippen LogP contribution < -0.4 is 5.32 Å². The van der Waals surface area contributed by atoms with E-state index in [0.29, 0.717) is 16.1 Å². The van der Waals surface area contributed by atoms with Crippen LogP contribution in [0.2, 0.25) is 5.02 Å². The molecule has 5 heteroatoms. The highest BCUT2D eigenvalue weighted by Gasteiger charge is 2.13. The number of carbonyl (C=O) groups is 1. The van der Waals surface area contributed by atoms with Gasteiger partial charge in [-0.15, -0.1) is 11.8 Å². The van der Waals surface area contributed by atoms with Crippen molar-refractivity contribution in [3.8, 4) is 6.07 Å². The van der Waals surface area contributed by atoms with Crippen LogP contribution in [0.1, 0.15) is 27.0 Å². The number of rotatable bonds is 5. The Balaban J connectivity index is 1.74. The maximum Gasteiger partial charge on any atom is 0.256 e. The lowest BCUT2D eigenvalue weighted by atomic mass is 10.1. The van der Waals surface area contributed by atoms with Crippen LogP contribution in [0, 0.1) is 18.3 Å². The molecule has 27 heavy (non-hydrogen) atoms. The summed E-state index contributed by atoms with van der Waals surface area (Å²) in [6, 6.07) is 22.5. The standard InChI is InChI=1S/C22H17ClN2OS/c1-15-12-18(23)10-11-20(15)25-22(26)19-4-2-3-5-21(19)27-14-17-8-6-16(13-24)7-9-17/h2-12H,14H2,1H3,(H,25,26). The molecule has 3 aromatic rings. The normalized spacial score (nSPS) is 10.3. The Kier molecular flexibility index (Phi) is 6.18. The van der Waals surface area contributed by atoms with Crippen molar-refractivity contribution in [3.63, 3.8) is 0 Å². The molecule has 0 saturated carbocycles. The van der Waals surface area contributed by atoms with E-state index in [-0.39, 0.29) is 5.91 Å². The van der Waals surface area contributed by atoms with Crippen LogP contribution in [0.3, 0.4) is 0 Å². The number of thioether (sulfide) groups is 1. The summed E-state index contributed by atoms with van der Waals surface area (Å²) in [5.74, 6) is 0.569. The molecule has 0 atom stereocenters. The predicted octanol–water partition coefficient (Wildman–Crippen LogP) is 6.06. The Morgan fingerprint density at radius 3 is 2.56 bits per heavy atom. The minimum atomic E-state index is -0.150. The molecular weight excluding hydrogens is 376 g/mol. The summed E-state index contributed by atoms with van der Waals surface area (Å²) in [5, 5.41) is 12.5.